The summed E-state index contributed by atoms with van der Waals surface area (Å²) in [4.78, 5) is 6.54. The number of ether oxygens (including phenoxy) is 2. The average Bonchev–Trinajstić information content (AvgIpc) is 3.19. The summed E-state index contributed by atoms with van der Waals surface area (Å²) in [5.41, 5.74) is 1.11. The van der Waals surface area contributed by atoms with Crippen molar-refractivity contribution in [3.63, 3.8) is 0 Å². The summed E-state index contributed by atoms with van der Waals surface area (Å²) < 4.78 is 14.3. The first-order valence-corrected chi connectivity index (χ1v) is 8.66. The minimum Gasteiger partial charge on any atom is -0.377 e. The van der Waals surface area contributed by atoms with E-state index >= 15 is 0 Å². The second-order valence-electron chi connectivity index (χ2n) is 6.81. The van der Waals surface area contributed by atoms with Crippen LogP contribution < -0.4 is 0 Å². The fraction of sp³-hybridized carbons (Fsp3) is 0.556. The molecule has 128 valence electrons. The maximum atomic E-state index is 6.47. The lowest BCUT2D eigenvalue weighted by atomic mass is 10.00. The van der Waals surface area contributed by atoms with Gasteiger partial charge >= 0.3 is 0 Å². The average molecular weight is 328 g/mol. The van der Waals surface area contributed by atoms with Gasteiger partial charge in [0, 0.05) is 44.4 Å². The lowest BCUT2D eigenvalue weighted by Gasteiger charge is -2.32. The molecule has 4 heterocycles. The van der Waals surface area contributed by atoms with E-state index in [0.29, 0.717) is 6.61 Å². The van der Waals surface area contributed by atoms with E-state index in [4.69, 9.17) is 9.47 Å². The summed E-state index contributed by atoms with van der Waals surface area (Å²) in [6.45, 7) is 5.05. The molecule has 4 rings (SSSR count). The van der Waals surface area contributed by atoms with Gasteiger partial charge in [0.15, 0.2) is 0 Å². The van der Waals surface area contributed by atoms with Crippen LogP contribution in [0.2, 0.25) is 0 Å². The molecule has 1 spiro atoms. The summed E-state index contributed by atoms with van der Waals surface area (Å²) in [6.07, 6.45) is 9.84. The van der Waals surface area contributed by atoms with Crippen molar-refractivity contribution in [2.24, 2.45) is 0 Å². The van der Waals surface area contributed by atoms with Crippen LogP contribution in [0.25, 0.3) is 0 Å². The van der Waals surface area contributed by atoms with E-state index in [1.165, 1.54) is 5.56 Å². The predicted molar refractivity (Wildman–Crippen MR) is 89.4 cm³/mol. The lowest BCUT2D eigenvalue weighted by Crippen LogP contribution is -2.44. The SMILES string of the molecule is c1cnn(C[C@@H]2CC[C@@]3(COCCN(Cc4ccncc4)C3)O2)c1. The maximum absolute atomic E-state index is 6.47. The van der Waals surface area contributed by atoms with Crippen molar-refractivity contribution in [1.29, 1.82) is 0 Å². The molecule has 2 aliphatic rings. The van der Waals surface area contributed by atoms with Gasteiger partial charge in [-0.2, -0.15) is 5.10 Å². The Morgan fingerprint density at radius 2 is 2.17 bits per heavy atom. The van der Waals surface area contributed by atoms with Gasteiger partial charge in [-0.3, -0.25) is 14.6 Å². The number of rotatable bonds is 4. The Balaban J connectivity index is 1.40. The van der Waals surface area contributed by atoms with Crippen LogP contribution in [0, 0.1) is 0 Å². The van der Waals surface area contributed by atoms with Gasteiger partial charge in [0.05, 0.1) is 25.9 Å². The molecule has 0 saturated carbocycles. The van der Waals surface area contributed by atoms with Crippen molar-refractivity contribution in [3.8, 4) is 0 Å². The highest BCUT2D eigenvalue weighted by molar-refractivity contribution is 5.10. The van der Waals surface area contributed by atoms with Crippen LogP contribution in [0.15, 0.2) is 43.0 Å². The third-order valence-corrected chi connectivity index (χ3v) is 4.87. The third-order valence-electron chi connectivity index (χ3n) is 4.87. The zero-order valence-corrected chi connectivity index (χ0v) is 13.9. The van der Waals surface area contributed by atoms with Gasteiger partial charge in [-0.25, -0.2) is 0 Å². The van der Waals surface area contributed by atoms with Gasteiger partial charge in [-0.15, -0.1) is 0 Å². The maximum Gasteiger partial charge on any atom is 0.105 e. The number of aromatic nitrogens is 3. The topological polar surface area (TPSA) is 52.4 Å². The molecule has 2 fully saturated rings. The Morgan fingerprint density at radius 1 is 1.25 bits per heavy atom. The zero-order chi connectivity index (χ0) is 16.2. The van der Waals surface area contributed by atoms with Gasteiger partial charge in [0.1, 0.15) is 5.60 Å². The number of nitrogens with zero attached hydrogens (tertiary/aromatic N) is 4. The summed E-state index contributed by atoms with van der Waals surface area (Å²) in [5, 5.41) is 4.29. The number of pyridine rings is 1. The number of hydrogen-bond acceptors (Lipinski definition) is 5. The summed E-state index contributed by atoms with van der Waals surface area (Å²) in [5.74, 6) is 0. The molecule has 0 radical (unpaired) electrons. The first-order chi connectivity index (χ1) is 11.8. The van der Waals surface area contributed by atoms with Crippen molar-refractivity contribution in [2.75, 3.05) is 26.3 Å². The molecule has 0 bridgehead atoms. The van der Waals surface area contributed by atoms with Crippen molar-refractivity contribution in [3.05, 3.63) is 48.5 Å². The zero-order valence-electron chi connectivity index (χ0n) is 13.9. The van der Waals surface area contributed by atoms with E-state index < -0.39 is 0 Å². The molecule has 6 nitrogen and oxygen atoms in total. The van der Waals surface area contributed by atoms with E-state index in [9.17, 15) is 0 Å². The molecule has 6 heteroatoms. The molecular weight excluding hydrogens is 304 g/mol. The number of hydrogen-bond donors (Lipinski definition) is 0. The van der Waals surface area contributed by atoms with Crippen LogP contribution in [0.3, 0.4) is 0 Å². The Bertz CT molecular complexity index is 634. The molecular formula is C18H24N4O2. The monoisotopic (exact) mass is 328 g/mol. The minimum absolute atomic E-state index is 0.179. The minimum atomic E-state index is -0.179. The van der Waals surface area contributed by atoms with Crippen LogP contribution in [0.5, 0.6) is 0 Å². The highest BCUT2D eigenvalue weighted by atomic mass is 16.6. The third kappa shape index (κ3) is 3.66. The highest BCUT2D eigenvalue weighted by Gasteiger charge is 2.43. The summed E-state index contributed by atoms with van der Waals surface area (Å²) >= 11 is 0. The standard InChI is InChI=1S/C18H24N4O2/c1-6-20-22(9-1)13-17-2-5-18(24-17)14-21(10-11-23-15-18)12-16-3-7-19-8-4-16/h1,3-4,6-9,17H,2,5,10-15H2/t17-,18+/m0/s1. The second-order valence-corrected chi connectivity index (χ2v) is 6.81. The van der Waals surface area contributed by atoms with Gasteiger partial charge < -0.3 is 9.47 Å². The van der Waals surface area contributed by atoms with Crippen LogP contribution in [0.1, 0.15) is 18.4 Å². The molecule has 2 aromatic heterocycles. The Labute approximate surface area is 142 Å². The molecule has 0 aliphatic carbocycles. The molecule has 2 aromatic rings. The molecule has 0 aromatic carbocycles. The normalized spacial score (nSPS) is 28.2. The second kappa shape index (κ2) is 7.01. The molecule has 24 heavy (non-hydrogen) atoms. The molecule has 2 aliphatic heterocycles. The molecule has 0 amide bonds. The quantitative estimate of drug-likeness (QED) is 0.855. The van der Waals surface area contributed by atoms with Crippen LogP contribution >= 0.6 is 0 Å². The smallest absolute Gasteiger partial charge is 0.105 e. The molecule has 0 unspecified atom stereocenters. The van der Waals surface area contributed by atoms with Gasteiger partial charge in [0.25, 0.3) is 0 Å². The van der Waals surface area contributed by atoms with Crippen molar-refractivity contribution in [2.45, 2.75) is 37.6 Å². The Morgan fingerprint density at radius 3 is 3.00 bits per heavy atom. The van der Waals surface area contributed by atoms with Crippen LogP contribution in [0.4, 0.5) is 0 Å². The fourth-order valence-corrected chi connectivity index (χ4v) is 3.73. The van der Waals surface area contributed by atoms with E-state index in [0.717, 1.165) is 45.6 Å². The van der Waals surface area contributed by atoms with Crippen LogP contribution in [-0.2, 0) is 22.6 Å². The summed E-state index contributed by atoms with van der Waals surface area (Å²) in [6, 6.07) is 6.11. The predicted octanol–water partition coefficient (Wildman–Crippen LogP) is 1.73. The fourth-order valence-electron chi connectivity index (χ4n) is 3.73. The largest absolute Gasteiger partial charge is 0.377 e. The lowest BCUT2D eigenvalue weighted by molar-refractivity contribution is -0.0904. The molecule has 2 atom stereocenters. The first-order valence-electron chi connectivity index (χ1n) is 8.66. The van der Waals surface area contributed by atoms with E-state index in [-0.39, 0.29) is 11.7 Å². The van der Waals surface area contributed by atoms with Gasteiger partial charge in [-0.05, 0) is 36.6 Å². The Kier molecular flexibility index (Phi) is 4.60. The molecule has 0 N–H and O–H groups in total. The van der Waals surface area contributed by atoms with Crippen molar-refractivity contribution >= 4 is 0 Å². The van der Waals surface area contributed by atoms with Crippen LogP contribution in [-0.4, -0.2) is 57.7 Å². The van der Waals surface area contributed by atoms with Gasteiger partial charge in [-0.1, -0.05) is 0 Å². The Hall–Kier alpha value is -1.76. The van der Waals surface area contributed by atoms with Crippen molar-refractivity contribution < 1.29 is 9.47 Å². The highest BCUT2D eigenvalue weighted by Crippen LogP contribution is 2.34. The van der Waals surface area contributed by atoms with Crippen molar-refractivity contribution in [1.82, 2.24) is 19.7 Å². The van der Waals surface area contributed by atoms with Gasteiger partial charge in [0.2, 0.25) is 0 Å². The summed E-state index contributed by atoms with van der Waals surface area (Å²) in [7, 11) is 0. The van der Waals surface area contributed by atoms with E-state index in [1.807, 2.05) is 35.5 Å². The van der Waals surface area contributed by atoms with E-state index in [1.54, 1.807) is 0 Å². The molecule has 2 saturated heterocycles. The van der Waals surface area contributed by atoms with E-state index in [2.05, 4.69) is 27.1 Å². The first kappa shape index (κ1) is 15.7.